The Morgan fingerprint density at radius 1 is 1.35 bits per heavy atom. The molecule has 2 aliphatic rings. The third kappa shape index (κ3) is 2.80. The van der Waals surface area contributed by atoms with Gasteiger partial charge in [0, 0.05) is 31.0 Å². The van der Waals surface area contributed by atoms with E-state index in [0.29, 0.717) is 6.42 Å². The summed E-state index contributed by atoms with van der Waals surface area (Å²) in [5, 5.41) is 11.6. The smallest absolute Gasteiger partial charge is 0.126 e. The Morgan fingerprint density at radius 3 is 2.80 bits per heavy atom. The number of ether oxygens (including phenoxy) is 1. The summed E-state index contributed by atoms with van der Waals surface area (Å²) in [5.41, 5.74) is 1.63. The Morgan fingerprint density at radius 2 is 2.10 bits per heavy atom. The second kappa shape index (κ2) is 5.55. The lowest BCUT2D eigenvalue weighted by molar-refractivity contribution is -0.0197. The van der Waals surface area contributed by atoms with Crippen molar-refractivity contribution >= 4 is 11.6 Å². The maximum absolute atomic E-state index is 10.8. The Balaban J connectivity index is 1.78. The van der Waals surface area contributed by atoms with Crippen LogP contribution in [0.15, 0.2) is 12.1 Å². The van der Waals surface area contributed by atoms with Gasteiger partial charge in [0.1, 0.15) is 5.75 Å². The molecule has 1 fully saturated rings. The van der Waals surface area contributed by atoms with Gasteiger partial charge in [-0.25, -0.2) is 0 Å². The van der Waals surface area contributed by atoms with Gasteiger partial charge in [0.25, 0.3) is 0 Å². The van der Waals surface area contributed by atoms with Gasteiger partial charge in [0.05, 0.1) is 12.2 Å². The number of aliphatic hydroxyl groups is 1. The summed E-state index contributed by atoms with van der Waals surface area (Å²) in [4.78, 5) is 2.38. The molecule has 110 valence electrons. The minimum Gasteiger partial charge on any atom is -0.493 e. The number of benzene rings is 1. The number of rotatable bonds is 3. The highest BCUT2D eigenvalue weighted by molar-refractivity contribution is 6.30. The van der Waals surface area contributed by atoms with Crippen LogP contribution in [-0.4, -0.2) is 41.8 Å². The first-order chi connectivity index (χ1) is 9.59. The van der Waals surface area contributed by atoms with Crippen molar-refractivity contribution in [1.82, 2.24) is 4.90 Å². The average Bonchev–Trinajstić information content (AvgIpc) is 2.87. The van der Waals surface area contributed by atoms with Gasteiger partial charge in [-0.05, 0) is 42.6 Å². The summed E-state index contributed by atoms with van der Waals surface area (Å²) in [6, 6.07) is 3.94. The first-order valence-corrected chi connectivity index (χ1v) is 7.86. The molecule has 4 heteroatoms. The summed E-state index contributed by atoms with van der Waals surface area (Å²) in [5.74, 6) is 0.959. The zero-order valence-corrected chi connectivity index (χ0v) is 12.7. The molecule has 3 nitrogen and oxygen atoms in total. The lowest BCUT2D eigenvalue weighted by Crippen LogP contribution is -2.45. The summed E-state index contributed by atoms with van der Waals surface area (Å²) in [6.07, 6.45) is 3.21. The summed E-state index contributed by atoms with van der Waals surface area (Å²) >= 11 is 6.19. The zero-order chi connectivity index (χ0) is 14.2. The van der Waals surface area contributed by atoms with E-state index in [1.54, 1.807) is 0 Å². The number of fused-ring (bicyclic) bond motifs is 1. The summed E-state index contributed by atoms with van der Waals surface area (Å²) in [7, 11) is 0. The molecule has 0 spiro atoms. The van der Waals surface area contributed by atoms with Gasteiger partial charge < -0.3 is 14.7 Å². The summed E-state index contributed by atoms with van der Waals surface area (Å²) < 4.78 is 5.73. The molecule has 3 rings (SSSR count). The van der Waals surface area contributed by atoms with E-state index in [-0.39, 0.29) is 0 Å². The van der Waals surface area contributed by atoms with E-state index < -0.39 is 5.60 Å². The normalized spacial score (nSPS) is 21.6. The Labute approximate surface area is 125 Å². The third-order valence-electron chi connectivity index (χ3n) is 4.58. The van der Waals surface area contributed by atoms with Crippen LogP contribution < -0.4 is 4.74 Å². The van der Waals surface area contributed by atoms with Crippen LogP contribution >= 0.6 is 11.6 Å². The number of hydrogen-bond donors (Lipinski definition) is 1. The second-order valence-corrected chi connectivity index (χ2v) is 6.42. The van der Waals surface area contributed by atoms with Gasteiger partial charge in [-0.3, -0.25) is 0 Å². The van der Waals surface area contributed by atoms with E-state index >= 15 is 0 Å². The van der Waals surface area contributed by atoms with Gasteiger partial charge in [0.2, 0.25) is 0 Å². The predicted octanol–water partition coefficient (Wildman–Crippen LogP) is 2.66. The van der Waals surface area contributed by atoms with Gasteiger partial charge >= 0.3 is 0 Å². The highest BCUT2D eigenvalue weighted by Crippen LogP contribution is 2.37. The monoisotopic (exact) mass is 295 g/mol. The van der Waals surface area contributed by atoms with Crippen molar-refractivity contribution in [1.29, 1.82) is 0 Å². The molecule has 1 aromatic rings. The van der Waals surface area contributed by atoms with Crippen LogP contribution in [0, 0.1) is 0 Å². The van der Waals surface area contributed by atoms with Crippen LogP contribution in [0.4, 0.5) is 0 Å². The van der Waals surface area contributed by atoms with Crippen LogP contribution in [0.3, 0.4) is 0 Å². The van der Waals surface area contributed by atoms with Crippen molar-refractivity contribution in [3.63, 3.8) is 0 Å². The quantitative estimate of drug-likeness (QED) is 0.930. The van der Waals surface area contributed by atoms with Crippen molar-refractivity contribution in [2.75, 3.05) is 26.2 Å². The fourth-order valence-corrected chi connectivity index (χ4v) is 3.56. The van der Waals surface area contributed by atoms with Crippen molar-refractivity contribution in [2.24, 2.45) is 0 Å². The standard InChI is InChI=1S/C16H22ClNO2/c1-2-18-6-4-16(19,5-7-18)11-13-10-14(17)9-12-3-8-20-15(12)13/h9-10,19H,2-8,11H2,1H3. The van der Waals surface area contributed by atoms with E-state index in [4.69, 9.17) is 16.3 Å². The molecule has 0 aromatic heterocycles. The van der Waals surface area contributed by atoms with Crippen LogP contribution in [0.1, 0.15) is 30.9 Å². The first-order valence-electron chi connectivity index (χ1n) is 7.48. The Hall–Kier alpha value is -0.770. The molecule has 20 heavy (non-hydrogen) atoms. The zero-order valence-electron chi connectivity index (χ0n) is 12.0. The van der Waals surface area contributed by atoms with Crippen LogP contribution in [0.2, 0.25) is 5.02 Å². The fraction of sp³-hybridized carbons (Fsp3) is 0.625. The maximum atomic E-state index is 10.8. The van der Waals surface area contributed by atoms with Crippen molar-refractivity contribution in [3.8, 4) is 5.75 Å². The molecular weight excluding hydrogens is 274 g/mol. The molecule has 0 atom stereocenters. The molecule has 2 aliphatic heterocycles. The van der Waals surface area contributed by atoms with Gasteiger partial charge in [-0.15, -0.1) is 0 Å². The van der Waals surface area contributed by atoms with E-state index in [2.05, 4.69) is 11.8 Å². The highest BCUT2D eigenvalue weighted by Gasteiger charge is 2.33. The Bertz CT molecular complexity index is 495. The molecule has 0 bridgehead atoms. The molecule has 0 amide bonds. The van der Waals surface area contributed by atoms with Gasteiger partial charge in [-0.2, -0.15) is 0 Å². The van der Waals surface area contributed by atoms with Gasteiger partial charge in [0.15, 0.2) is 0 Å². The molecule has 1 aromatic carbocycles. The number of halogens is 1. The van der Waals surface area contributed by atoms with Crippen molar-refractivity contribution < 1.29 is 9.84 Å². The lowest BCUT2D eigenvalue weighted by Gasteiger charge is -2.38. The number of likely N-dealkylation sites (tertiary alicyclic amines) is 1. The predicted molar refractivity (Wildman–Crippen MR) is 80.7 cm³/mol. The van der Waals surface area contributed by atoms with Crippen LogP contribution in [0.5, 0.6) is 5.75 Å². The van der Waals surface area contributed by atoms with Crippen molar-refractivity contribution in [2.45, 2.75) is 38.2 Å². The van der Waals surface area contributed by atoms with E-state index in [1.807, 2.05) is 12.1 Å². The highest BCUT2D eigenvalue weighted by atomic mass is 35.5. The maximum Gasteiger partial charge on any atom is 0.126 e. The summed E-state index contributed by atoms with van der Waals surface area (Å²) in [6.45, 7) is 5.89. The largest absolute Gasteiger partial charge is 0.493 e. The topological polar surface area (TPSA) is 32.7 Å². The van der Waals surface area contributed by atoms with Crippen molar-refractivity contribution in [3.05, 3.63) is 28.3 Å². The lowest BCUT2D eigenvalue weighted by atomic mass is 9.84. The molecule has 0 unspecified atom stereocenters. The first kappa shape index (κ1) is 14.2. The number of hydrogen-bond acceptors (Lipinski definition) is 3. The number of nitrogens with zero attached hydrogens (tertiary/aromatic N) is 1. The molecule has 1 saturated heterocycles. The van der Waals surface area contributed by atoms with E-state index in [9.17, 15) is 5.11 Å². The average molecular weight is 296 g/mol. The van der Waals surface area contributed by atoms with Crippen LogP contribution in [-0.2, 0) is 12.8 Å². The molecule has 2 heterocycles. The van der Waals surface area contributed by atoms with E-state index in [1.165, 1.54) is 5.56 Å². The minimum atomic E-state index is -0.615. The number of piperidine rings is 1. The molecule has 1 N–H and O–H groups in total. The SMILES string of the molecule is CCN1CCC(O)(Cc2cc(Cl)cc3c2OCC3)CC1. The third-order valence-corrected chi connectivity index (χ3v) is 4.80. The fourth-order valence-electron chi connectivity index (χ4n) is 3.29. The van der Waals surface area contributed by atoms with E-state index in [0.717, 1.165) is 61.8 Å². The second-order valence-electron chi connectivity index (χ2n) is 5.99. The molecular formula is C16H22ClNO2. The molecule has 0 radical (unpaired) electrons. The minimum absolute atomic E-state index is 0.615. The molecule has 0 saturated carbocycles. The molecule has 0 aliphatic carbocycles. The van der Waals surface area contributed by atoms with Crippen LogP contribution in [0.25, 0.3) is 0 Å². The Kier molecular flexibility index (Phi) is 3.93. The van der Waals surface area contributed by atoms with Gasteiger partial charge in [-0.1, -0.05) is 18.5 Å².